The van der Waals surface area contributed by atoms with Crippen molar-refractivity contribution in [3.8, 4) is 11.3 Å². The summed E-state index contributed by atoms with van der Waals surface area (Å²) in [4.78, 5) is 5.09. The quantitative estimate of drug-likeness (QED) is 0.147. The van der Waals surface area contributed by atoms with E-state index in [-0.39, 0.29) is 0 Å². The Hall–Kier alpha value is -1.20. The molecule has 0 aliphatic carbocycles. The fourth-order valence-corrected chi connectivity index (χ4v) is 12.3. The Morgan fingerprint density at radius 3 is 2.25 bits per heavy atom. The number of ether oxygens (including phenoxy) is 1. The van der Waals surface area contributed by atoms with Crippen LogP contribution in [-0.2, 0) is 22.3 Å². The molecule has 200 valence electrons. The van der Waals surface area contributed by atoms with Gasteiger partial charge < -0.3 is 13.6 Å². The minimum atomic E-state index is -1.93. The average Bonchev–Trinajstić information content (AvgIpc) is 3.36. The summed E-state index contributed by atoms with van der Waals surface area (Å²) in [6, 6.07) is 9.38. The molecular formula is C28H45BrN2O3Si2. The molecule has 0 unspecified atom stereocenters. The summed E-state index contributed by atoms with van der Waals surface area (Å²) in [6.45, 7) is 23.1. The molecule has 0 aliphatic heterocycles. The number of nitrogens with zero attached hydrogens (tertiary/aromatic N) is 2. The van der Waals surface area contributed by atoms with E-state index in [1.165, 1.54) is 0 Å². The minimum absolute atomic E-state index is 0.484. The Morgan fingerprint density at radius 2 is 1.64 bits per heavy atom. The van der Waals surface area contributed by atoms with E-state index in [9.17, 15) is 0 Å². The molecule has 0 fully saturated rings. The number of hydrogen-bond donors (Lipinski definition) is 0. The topological polar surface area (TPSA) is 49.4 Å². The van der Waals surface area contributed by atoms with Crippen molar-refractivity contribution in [2.24, 2.45) is 0 Å². The van der Waals surface area contributed by atoms with Crippen molar-refractivity contribution < 1.29 is 13.6 Å². The van der Waals surface area contributed by atoms with Crippen LogP contribution in [0.1, 0.15) is 47.4 Å². The van der Waals surface area contributed by atoms with E-state index < -0.39 is 16.4 Å². The van der Waals surface area contributed by atoms with Crippen LogP contribution in [0.2, 0.25) is 42.3 Å². The van der Waals surface area contributed by atoms with Crippen molar-refractivity contribution in [1.82, 2.24) is 9.55 Å². The predicted molar refractivity (Wildman–Crippen MR) is 160 cm³/mol. The molecule has 1 aromatic carbocycles. The second-order valence-electron chi connectivity index (χ2n) is 12.0. The third kappa shape index (κ3) is 6.62. The molecule has 0 saturated carbocycles. The summed E-state index contributed by atoms with van der Waals surface area (Å²) in [5.41, 5.74) is 4.49. The Kier molecular flexibility index (Phi) is 9.88. The van der Waals surface area contributed by atoms with E-state index in [2.05, 4.69) is 99.9 Å². The van der Waals surface area contributed by atoms with Crippen molar-refractivity contribution in [2.75, 3.05) is 13.2 Å². The third-order valence-electron chi connectivity index (χ3n) is 7.32. The van der Waals surface area contributed by atoms with Crippen LogP contribution < -0.4 is 0 Å². The van der Waals surface area contributed by atoms with E-state index >= 15 is 0 Å². The number of furan rings is 1. The molecule has 0 atom stereocenters. The number of benzene rings is 1. The molecule has 36 heavy (non-hydrogen) atoms. The second-order valence-corrected chi connectivity index (χ2v) is 23.9. The van der Waals surface area contributed by atoms with Gasteiger partial charge in [-0.25, -0.2) is 4.98 Å². The number of rotatable bonds is 13. The van der Waals surface area contributed by atoms with E-state index in [1.807, 2.05) is 6.07 Å². The van der Waals surface area contributed by atoms with Crippen LogP contribution in [0.4, 0.5) is 0 Å². The molecule has 3 aromatic rings. The van der Waals surface area contributed by atoms with Gasteiger partial charge in [0.25, 0.3) is 0 Å². The number of hydrogen-bond acceptors (Lipinski definition) is 4. The van der Waals surface area contributed by atoms with Crippen molar-refractivity contribution in [1.29, 1.82) is 0 Å². The Balaban J connectivity index is 1.87. The Bertz CT molecular complexity index is 1110. The van der Waals surface area contributed by atoms with E-state index in [0.717, 1.165) is 51.7 Å². The molecule has 0 spiro atoms. The van der Waals surface area contributed by atoms with E-state index in [1.54, 1.807) is 6.26 Å². The van der Waals surface area contributed by atoms with E-state index in [4.69, 9.17) is 18.6 Å². The molecule has 0 saturated heterocycles. The lowest BCUT2D eigenvalue weighted by Crippen LogP contribution is -2.48. The van der Waals surface area contributed by atoms with Crippen LogP contribution >= 0.6 is 15.9 Å². The standard InChI is InChI=1S/C28H45BrN2O3Si2/c1-20(2)36(21(3)4,22(5)6)34-15-13-26-30-27(24-11-10-23-12-14-33-25(23)18-24)28(29)31(26)19-32-16-17-35(7,8)9/h10-12,14,18,20-22H,13,15-17,19H2,1-9H3. The van der Waals surface area contributed by atoms with Crippen molar-refractivity contribution in [3.05, 3.63) is 41.0 Å². The van der Waals surface area contributed by atoms with Gasteiger partial charge >= 0.3 is 0 Å². The fourth-order valence-electron chi connectivity index (χ4n) is 5.44. The summed E-state index contributed by atoms with van der Waals surface area (Å²) in [7, 11) is -3.08. The first kappa shape index (κ1) is 29.4. The SMILES string of the molecule is CC(C)[Si](OCCc1nc(-c2ccc3ccoc3c2)c(Br)n1COCC[Si](C)(C)C)(C(C)C)C(C)C. The van der Waals surface area contributed by atoms with Crippen LogP contribution in [0.5, 0.6) is 0 Å². The van der Waals surface area contributed by atoms with Gasteiger partial charge in [0.2, 0.25) is 0 Å². The lowest BCUT2D eigenvalue weighted by Gasteiger charge is -2.42. The van der Waals surface area contributed by atoms with Gasteiger partial charge in [0.15, 0.2) is 8.32 Å². The normalized spacial score (nSPS) is 13.1. The Labute approximate surface area is 228 Å². The highest BCUT2D eigenvalue weighted by Crippen LogP contribution is 2.42. The molecule has 0 radical (unpaired) electrons. The van der Waals surface area contributed by atoms with Crippen molar-refractivity contribution in [3.63, 3.8) is 0 Å². The highest BCUT2D eigenvalue weighted by Gasteiger charge is 2.44. The third-order valence-corrected chi connectivity index (χ3v) is 15.9. The zero-order chi connectivity index (χ0) is 26.7. The van der Waals surface area contributed by atoms with Gasteiger partial charge in [0, 0.05) is 38.7 Å². The van der Waals surface area contributed by atoms with Crippen molar-refractivity contribution in [2.45, 2.75) is 97.0 Å². The molecule has 8 heteroatoms. The van der Waals surface area contributed by atoms with Gasteiger partial charge in [-0.05, 0) is 50.7 Å². The largest absolute Gasteiger partial charge is 0.464 e. The molecule has 2 aromatic heterocycles. The summed E-state index contributed by atoms with van der Waals surface area (Å²) in [5, 5.41) is 1.09. The molecule has 0 amide bonds. The Morgan fingerprint density at radius 1 is 0.972 bits per heavy atom. The molecule has 2 heterocycles. The van der Waals surface area contributed by atoms with Gasteiger partial charge in [0.05, 0.1) is 6.26 Å². The van der Waals surface area contributed by atoms with Crippen LogP contribution in [0, 0.1) is 0 Å². The number of imidazole rings is 1. The second kappa shape index (κ2) is 12.1. The number of halogens is 1. The van der Waals surface area contributed by atoms with Gasteiger partial charge in [0.1, 0.15) is 28.4 Å². The van der Waals surface area contributed by atoms with Crippen LogP contribution in [-0.4, -0.2) is 39.2 Å². The van der Waals surface area contributed by atoms with Crippen molar-refractivity contribution >= 4 is 43.3 Å². The molecule has 0 bridgehead atoms. The minimum Gasteiger partial charge on any atom is -0.464 e. The maximum atomic E-state index is 6.87. The summed E-state index contributed by atoms with van der Waals surface area (Å²) < 4.78 is 21.8. The van der Waals surface area contributed by atoms with E-state index in [0.29, 0.717) is 30.0 Å². The first-order valence-electron chi connectivity index (χ1n) is 13.3. The lowest BCUT2D eigenvalue weighted by molar-refractivity contribution is 0.0832. The van der Waals surface area contributed by atoms with Crippen LogP contribution in [0.3, 0.4) is 0 Å². The highest BCUT2D eigenvalue weighted by atomic mass is 79.9. The monoisotopic (exact) mass is 592 g/mol. The summed E-state index contributed by atoms with van der Waals surface area (Å²) in [6.07, 6.45) is 2.48. The molecule has 0 aliphatic rings. The lowest BCUT2D eigenvalue weighted by atomic mass is 10.1. The van der Waals surface area contributed by atoms with Gasteiger partial charge in [-0.2, -0.15) is 0 Å². The van der Waals surface area contributed by atoms with Crippen LogP contribution in [0.25, 0.3) is 22.2 Å². The number of aromatic nitrogens is 2. The predicted octanol–water partition coefficient (Wildman–Crippen LogP) is 9.11. The van der Waals surface area contributed by atoms with Gasteiger partial charge in [-0.15, -0.1) is 0 Å². The average molecular weight is 594 g/mol. The first-order valence-corrected chi connectivity index (χ1v) is 19.9. The van der Waals surface area contributed by atoms with Gasteiger partial charge in [-0.1, -0.05) is 73.3 Å². The summed E-state index contributed by atoms with van der Waals surface area (Å²) in [5.74, 6) is 0.989. The molecule has 3 rings (SSSR count). The molecule has 5 nitrogen and oxygen atoms in total. The zero-order valence-electron chi connectivity index (χ0n) is 23.7. The highest BCUT2D eigenvalue weighted by molar-refractivity contribution is 9.10. The summed E-state index contributed by atoms with van der Waals surface area (Å²) >= 11 is 3.85. The maximum absolute atomic E-state index is 6.87. The zero-order valence-corrected chi connectivity index (χ0v) is 27.2. The molecular weight excluding hydrogens is 548 g/mol. The van der Waals surface area contributed by atoms with Gasteiger partial charge in [-0.3, -0.25) is 4.57 Å². The van der Waals surface area contributed by atoms with Crippen LogP contribution in [0.15, 0.2) is 39.5 Å². The fraction of sp³-hybridized carbons (Fsp3) is 0.607. The maximum Gasteiger partial charge on any atom is 0.200 e. The first-order chi connectivity index (χ1) is 16.9. The smallest absolute Gasteiger partial charge is 0.200 e. The molecule has 0 N–H and O–H groups in total. The number of fused-ring (bicyclic) bond motifs is 1.